The van der Waals surface area contributed by atoms with Crippen molar-refractivity contribution in [3.05, 3.63) is 107 Å². The maximum atomic E-state index is 12.9. The zero-order valence-electron chi connectivity index (χ0n) is 18.3. The van der Waals surface area contributed by atoms with Crippen LogP contribution in [0.3, 0.4) is 0 Å². The Balaban J connectivity index is 1.47. The SMILES string of the molecule is Cc1ccccc1C(=O)NC1CCCCN1CCC(c1ccccc1)c1ccccc1. The van der Waals surface area contributed by atoms with Gasteiger partial charge in [0, 0.05) is 24.6 Å². The van der Waals surface area contributed by atoms with E-state index >= 15 is 0 Å². The first kappa shape index (κ1) is 21.3. The van der Waals surface area contributed by atoms with E-state index in [1.807, 2.05) is 31.2 Å². The smallest absolute Gasteiger partial charge is 0.252 e. The lowest BCUT2D eigenvalue weighted by Crippen LogP contribution is -2.51. The molecule has 1 aliphatic heterocycles. The summed E-state index contributed by atoms with van der Waals surface area (Å²) in [5, 5.41) is 3.32. The minimum absolute atomic E-state index is 0.0395. The molecule has 0 spiro atoms. The minimum atomic E-state index is 0.0395. The lowest BCUT2D eigenvalue weighted by Gasteiger charge is -2.37. The molecule has 3 aromatic carbocycles. The molecule has 0 radical (unpaired) electrons. The van der Waals surface area contributed by atoms with Gasteiger partial charge in [-0.2, -0.15) is 0 Å². The van der Waals surface area contributed by atoms with Crippen LogP contribution in [0.4, 0.5) is 0 Å². The standard InChI is InChI=1S/C28H32N2O/c1-22-12-8-9-17-25(22)28(31)29-27-18-10-11-20-30(27)21-19-26(23-13-4-2-5-14-23)24-15-6-3-7-16-24/h2-9,12-17,26-27H,10-11,18-21H2,1H3,(H,29,31). The van der Waals surface area contributed by atoms with Crippen LogP contribution in [0.15, 0.2) is 84.9 Å². The average molecular weight is 413 g/mol. The summed E-state index contributed by atoms with van der Waals surface area (Å²) in [4.78, 5) is 15.4. The number of rotatable bonds is 7. The molecule has 1 aliphatic rings. The Bertz CT molecular complexity index is 931. The number of nitrogens with zero attached hydrogens (tertiary/aromatic N) is 1. The molecule has 1 heterocycles. The predicted octanol–water partition coefficient (Wildman–Crippen LogP) is 5.76. The molecule has 1 fully saturated rings. The van der Waals surface area contributed by atoms with Crippen LogP contribution in [0.5, 0.6) is 0 Å². The predicted molar refractivity (Wildman–Crippen MR) is 127 cm³/mol. The summed E-state index contributed by atoms with van der Waals surface area (Å²) >= 11 is 0. The number of hydrogen-bond donors (Lipinski definition) is 1. The van der Waals surface area contributed by atoms with Crippen molar-refractivity contribution >= 4 is 5.91 Å². The number of hydrogen-bond acceptors (Lipinski definition) is 2. The Morgan fingerprint density at radius 2 is 1.52 bits per heavy atom. The van der Waals surface area contributed by atoms with E-state index in [-0.39, 0.29) is 12.1 Å². The second-order valence-electron chi connectivity index (χ2n) is 8.50. The normalized spacial score (nSPS) is 16.9. The van der Waals surface area contributed by atoms with Gasteiger partial charge in [-0.15, -0.1) is 0 Å². The quantitative estimate of drug-likeness (QED) is 0.535. The lowest BCUT2D eigenvalue weighted by atomic mass is 9.88. The molecule has 160 valence electrons. The molecule has 1 saturated heterocycles. The largest absolute Gasteiger partial charge is 0.336 e. The number of piperidine rings is 1. The zero-order valence-corrected chi connectivity index (χ0v) is 18.3. The number of carbonyl (C=O) groups excluding carboxylic acids is 1. The van der Waals surface area contributed by atoms with Crippen LogP contribution in [-0.2, 0) is 0 Å². The van der Waals surface area contributed by atoms with E-state index in [4.69, 9.17) is 0 Å². The highest BCUT2D eigenvalue weighted by atomic mass is 16.1. The Morgan fingerprint density at radius 3 is 2.16 bits per heavy atom. The molecule has 0 saturated carbocycles. The van der Waals surface area contributed by atoms with E-state index in [2.05, 4.69) is 70.9 Å². The topological polar surface area (TPSA) is 32.3 Å². The van der Waals surface area contributed by atoms with Crippen LogP contribution in [0.1, 0.15) is 58.6 Å². The Labute approximate surface area is 186 Å². The maximum absolute atomic E-state index is 12.9. The van der Waals surface area contributed by atoms with E-state index < -0.39 is 0 Å². The van der Waals surface area contributed by atoms with Gasteiger partial charge in [0.05, 0.1) is 6.17 Å². The second kappa shape index (κ2) is 10.4. The van der Waals surface area contributed by atoms with Gasteiger partial charge in [0.1, 0.15) is 0 Å². The molecule has 1 atom stereocenters. The van der Waals surface area contributed by atoms with E-state index in [0.717, 1.165) is 43.5 Å². The first-order chi connectivity index (χ1) is 15.2. The molecule has 0 aromatic heterocycles. The van der Waals surface area contributed by atoms with Crippen molar-refractivity contribution < 1.29 is 4.79 Å². The van der Waals surface area contributed by atoms with Crippen molar-refractivity contribution in [2.24, 2.45) is 0 Å². The van der Waals surface area contributed by atoms with Gasteiger partial charge in [-0.25, -0.2) is 0 Å². The fourth-order valence-corrected chi connectivity index (χ4v) is 4.67. The molecule has 31 heavy (non-hydrogen) atoms. The first-order valence-corrected chi connectivity index (χ1v) is 11.4. The van der Waals surface area contributed by atoms with Crippen LogP contribution in [0, 0.1) is 6.92 Å². The Hall–Kier alpha value is -2.91. The summed E-state index contributed by atoms with van der Waals surface area (Å²) in [6.45, 7) is 4.00. The summed E-state index contributed by atoms with van der Waals surface area (Å²) in [5.41, 5.74) is 4.51. The van der Waals surface area contributed by atoms with Gasteiger partial charge in [0.25, 0.3) is 5.91 Å². The van der Waals surface area contributed by atoms with Crippen molar-refractivity contribution in [1.29, 1.82) is 0 Å². The lowest BCUT2D eigenvalue weighted by molar-refractivity contribution is 0.0768. The molecule has 0 aliphatic carbocycles. The van der Waals surface area contributed by atoms with Crippen LogP contribution in [0.25, 0.3) is 0 Å². The molecule has 3 heteroatoms. The van der Waals surface area contributed by atoms with Crippen LogP contribution < -0.4 is 5.32 Å². The molecule has 0 bridgehead atoms. The number of amides is 1. The summed E-state index contributed by atoms with van der Waals surface area (Å²) < 4.78 is 0. The average Bonchev–Trinajstić information content (AvgIpc) is 2.82. The van der Waals surface area contributed by atoms with Crippen molar-refractivity contribution in [2.75, 3.05) is 13.1 Å². The van der Waals surface area contributed by atoms with E-state index in [1.54, 1.807) is 0 Å². The minimum Gasteiger partial charge on any atom is -0.336 e. The molecule has 1 unspecified atom stereocenters. The zero-order chi connectivity index (χ0) is 21.5. The molecule has 3 nitrogen and oxygen atoms in total. The third-order valence-corrected chi connectivity index (χ3v) is 6.41. The third-order valence-electron chi connectivity index (χ3n) is 6.41. The number of aryl methyl sites for hydroxylation is 1. The van der Waals surface area contributed by atoms with Gasteiger partial charge in [-0.1, -0.05) is 78.9 Å². The summed E-state index contributed by atoms with van der Waals surface area (Å²) in [6.07, 6.45) is 4.51. The Morgan fingerprint density at radius 1 is 0.903 bits per heavy atom. The van der Waals surface area contributed by atoms with Gasteiger partial charge in [0.15, 0.2) is 0 Å². The number of benzene rings is 3. The van der Waals surface area contributed by atoms with Crippen molar-refractivity contribution in [1.82, 2.24) is 10.2 Å². The number of nitrogens with one attached hydrogen (secondary N) is 1. The van der Waals surface area contributed by atoms with Crippen molar-refractivity contribution in [2.45, 2.75) is 44.7 Å². The maximum Gasteiger partial charge on any atom is 0.252 e. The molecule has 4 rings (SSSR count). The summed E-state index contributed by atoms with van der Waals surface area (Å²) in [6, 6.07) is 29.4. The van der Waals surface area contributed by atoms with Gasteiger partial charge in [-0.05, 0) is 55.4 Å². The van der Waals surface area contributed by atoms with E-state index in [1.165, 1.54) is 17.5 Å². The van der Waals surface area contributed by atoms with Crippen molar-refractivity contribution in [3.63, 3.8) is 0 Å². The van der Waals surface area contributed by atoms with Crippen LogP contribution in [0.2, 0.25) is 0 Å². The van der Waals surface area contributed by atoms with E-state index in [9.17, 15) is 4.79 Å². The van der Waals surface area contributed by atoms with Gasteiger partial charge >= 0.3 is 0 Å². The molecular formula is C28H32N2O. The molecular weight excluding hydrogens is 380 g/mol. The fourth-order valence-electron chi connectivity index (χ4n) is 4.67. The second-order valence-corrected chi connectivity index (χ2v) is 8.50. The van der Waals surface area contributed by atoms with E-state index in [0.29, 0.717) is 5.92 Å². The van der Waals surface area contributed by atoms with Crippen LogP contribution in [-0.4, -0.2) is 30.1 Å². The van der Waals surface area contributed by atoms with Gasteiger partial charge < -0.3 is 5.32 Å². The fraction of sp³-hybridized carbons (Fsp3) is 0.321. The van der Waals surface area contributed by atoms with Crippen molar-refractivity contribution in [3.8, 4) is 0 Å². The third kappa shape index (κ3) is 5.42. The van der Waals surface area contributed by atoms with Crippen LogP contribution >= 0.6 is 0 Å². The highest BCUT2D eigenvalue weighted by Gasteiger charge is 2.26. The molecule has 1 N–H and O–H groups in total. The molecule has 1 amide bonds. The molecule has 3 aromatic rings. The Kier molecular flexibility index (Phi) is 7.16. The summed E-state index contributed by atoms with van der Waals surface area (Å²) in [5.74, 6) is 0.398. The monoisotopic (exact) mass is 412 g/mol. The van der Waals surface area contributed by atoms with Gasteiger partial charge in [0.2, 0.25) is 0 Å². The first-order valence-electron chi connectivity index (χ1n) is 11.4. The highest BCUT2D eigenvalue weighted by Crippen LogP contribution is 2.29. The number of carbonyl (C=O) groups is 1. The summed E-state index contributed by atoms with van der Waals surface area (Å²) in [7, 11) is 0. The van der Waals surface area contributed by atoms with Gasteiger partial charge in [-0.3, -0.25) is 9.69 Å². The number of likely N-dealkylation sites (tertiary alicyclic amines) is 1. The highest BCUT2D eigenvalue weighted by molar-refractivity contribution is 5.95.